The van der Waals surface area contributed by atoms with Crippen LogP contribution in [0.3, 0.4) is 0 Å². The van der Waals surface area contributed by atoms with Crippen LogP contribution in [0.15, 0.2) is 74.1 Å². The molecule has 0 radical (unpaired) electrons. The van der Waals surface area contributed by atoms with Crippen molar-refractivity contribution in [3.63, 3.8) is 0 Å². The first-order valence-electron chi connectivity index (χ1n) is 8.29. The molecule has 4 heteroatoms. The van der Waals surface area contributed by atoms with Gasteiger partial charge in [-0.05, 0) is 47.2 Å². The molecule has 1 nitrogen and oxygen atoms in total. The summed E-state index contributed by atoms with van der Waals surface area (Å²) in [5.74, 6) is 0. The fraction of sp³-hybridized carbons (Fsp3) is 0. The maximum Gasteiger partial charge on any atom is 0.0620 e. The molecule has 0 fully saturated rings. The zero-order chi connectivity index (χ0) is 17.6. The lowest BCUT2D eigenvalue weighted by atomic mass is 9.99. The molecule has 0 aliphatic carbocycles. The number of nitrogens with zero attached hydrogens (tertiary/aromatic N) is 1. The van der Waals surface area contributed by atoms with Gasteiger partial charge in [-0.25, -0.2) is 0 Å². The fourth-order valence-corrected chi connectivity index (χ4v) is 5.57. The number of aromatic nitrogens is 1. The summed E-state index contributed by atoms with van der Waals surface area (Å²) in [6, 6.07) is 22.0. The molecule has 0 bridgehead atoms. The highest BCUT2D eigenvalue weighted by Gasteiger charge is 2.18. The Bertz CT molecular complexity index is 1510. The van der Waals surface area contributed by atoms with Gasteiger partial charge in [-0.3, -0.25) is 0 Å². The second kappa shape index (κ2) is 5.22. The maximum atomic E-state index is 3.74. The number of benzene rings is 4. The summed E-state index contributed by atoms with van der Waals surface area (Å²) in [5.41, 5.74) is 3.75. The van der Waals surface area contributed by atoms with Gasteiger partial charge in [-0.1, -0.05) is 72.1 Å². The average molecular weight is 528 g/mol. The minimum absolute atomic E-state index is 1.09. The molecule has 6 aromatic rings. The summed E-state index contributed by atoms with van der Waals surface area (Å²) >= 11 is 11.1. The Morgan fingerprint density at radius 1 is 0.577 bits per heavy atom. The molecule has 0 saturated heterocycles. The zero-order valence-corrected chi connectivity index (χ0v) is 18.1. The van der Waals surface area contributed by atoms with Crippen molar-refractivity contribution in [3.8, 4) is 0 Å². The van der Waals surface area contributed by atoms with Crippen LogP contribution in [-0.4, -0.2) is 4.40 Å². The van der Waals surface area contributed by atoms with Crippen molar-refractivity contribution < 1.29 is 0 Å². The van der Waals surface area contributed by atoms with E-state index < -0.39 is 0 Å². The van der Waals surface area contributed by atoms with E-state index in [2.05, 4.69) is 113 Å². The summed E-state index contributed by atoms with van der Waals surface area (Å²) < 4.78 is 5.75. The Labute approximate surface area is 174 Å². The van der Waals surface area contributed by atoms with Gasteiger partial charge in [-0.15, -0.1) is 0 Å². The predicted molar refractivity (Wildman–Crippen MR) is 122 cm³/mol. The van der Waals surface area contributed by atoms with E-state index in [4.69, 9.17) is 0 Å². The van der Waals surface area contributed by atoms with Crippen molar-refractivity contribution in [3.05, 3.63) is 74.1 Å². The lowest BCUT2D eigenvalue weighted by Gasteiger charge is -2.14. The fourth-order valence-electron chi connectivity index (χ4n) is 4.30. The highest BCUT2D eigenvalue weighted by atomic mass is 79.9. The maximum absolute atomic E-state index is 3.74. The summed E-state index contributed by atoms with van der Waals surface area (Å²) in [4.78, 5) is 0. The Morgan fingerprint density at radius 2 is 1.35 bits per heavy atom. The first kappa shape index (κ1) is 15.4. The van der Waals surface area contributed by atoms with Crippen LogP contribution in [0.2, 0.25) is 0 Å². The van der Waals surface area contributed by atoms with Crippen LogP contribution in [0.1, 0.15) is 0 Å². The van der Waals surface area contributed by atoms with Gasteiger partial charge >= 0.3 is 0 Å². The molecule has 2 aromatic heterocycles. The molecule has 124 valence electrons. The number of hydrogen-bond acceptors (Lipinski definition) is 0. The SMILES string of the molecule is Brc1cc2c3cccc4c(Br)ccc(c43)n3c4cc(Br)ccc4c(c1)c23. The molecule has 0 N–H and O–H groups in total. The summed E-state index contributed by atoms with van der Waals surface area (Å²) in [6.45, 7) is 0. The first-order valence-corrected chi connectivity index (χ1v) is 10.7. The molecule has 6 rings (SSSR count). The Morgan fingerprint density at radius 3 is 2.19 bits per heavy atom. The van der Waals surface area contributed by atoms with Crippen molar-refractivity contribution in [2.24, 2.45) is 0 Å². The summed E-state index contributed by atoms with van der Waals surface area (Å²) in [7, 11) is 0. The Kier molecular flexibility index (Phi) is 3.10. The van der Waals surface area contributed by atoms with Crippen LogP contribution in [0.25, 0.3) is 48.9 Å². The van der Waals surface area contributed by atoms with Crippen molar-refractivity contribution in [1.82, 2.24) is 4.40 Å². The van der Waals surface area contributed by atoms with Crippen LogP contribution < -0.4 is 0 Å². The minimum atomic E-state index is 1.09. The van der Waals surface area contributed by atoms with E-state index in [1.807, 2.05) is 0 Å². The van der Waals surface area contributed by atoms with Gasteiger partial charge in [0.15, 0.2) is 0 Å². The van der Waals surface area contributed by atoms with Gasteiger partial charge in [0, 0.05) is 35.0 Å². The number of fused-ring (bicyclic) bond motifs is 5. The molecule has 2 heterocycles. The summed E-state index contributed by atoms with van der Waals surface area (Å²) in [5, 5.41) is 7.66. The molecule has 0 unspecified atom stereocenters. The van der Waals surface area contributed by atoms with Crippen molar-refractivity contribution in [2.75, 3.05) is 0 Å². The van der Waals surface area contributed by atoms with E-state index in [0.717, 1.165) is 13.4 Å². The van der Waals surface area contributed by atoms with Crippen molar-refractivity contribution >= 4 is 96.7 Å². The standard InChI is InChI=1S/C22H10Br3N/c23-11-4-5-13-16-8-12(24)9-17-14-2-1-3-15-18(25)6-7-19(21(14)15)26(22(16)17)20(13)10-11/h1-10H. The van der Waals surface area contributed by atoms with E-state index in [-0.39, 0.29) is 0 Å². The molecule has 26 heavy (non-hydrogen) atoms. The van der Waals surface area contributed by atoms with Crippen molar-refractivity contribution in [1.29, 1.82) is 0 Å². The normalized spacial score (nSPS) is 12.4. The topological polar surface area (TPSA) is 4.41 Å². The highest BCUT2D eigenvalue weighted by Crippen LogP contribution is 2.43. The molecule has 0 saturated carbocycles. The van der Waals surface area contributed by atoms with Gasteiger partial charge in [0.2, 0.25) is 0 Å². The van der Waals surface area contributed by atoms with Gasteiger partial charge < -0.3 is 4.40 Å². The van der Waals surface area contributed by atoms with E-state index in [1.165, 1.54) is 48.9 Å². The third-order valence-electron chi connectivity index (χ3n) is 5.29. The molecule has 0 amide bonds. The van der Waals surface area contributed by atoms with Crippen LogP contribution in [0.5, 0.6) is 0 Å². The monoisotopic (exact) mass is 525 g/mol. The van der Waals surface area contributed by atoms with E-state index in [9.17, 15) is 0 Å². The quantitative estimate of drug-likeness (QED) is 0.138. The molecule has 4 aromatic carbocycles. The number of rotatable bonds is 0. The van der Waals surface area contributed by atoms with Crippen LogP contribution in [0.4, 0.5) is 0 Å². The van der Waals surface area contributed by atoms with Crippen LogP contribution >= 0.6 is 47.8 Å². The zero-order valence-electron chi connectivity index (χ0n) is 13.4. The van der Waals surface area contributed by atoms with E-state index >= 15 is 0 Å². The molecule has 0 atom stereocenters. The van der Waals surface area contributed by atoms with Gasteiger partial charge in [-0.2, -0.15) is 0 Å². The summed E-state index contributed by atoms with van der Waals surface area (Å²) in [6.07, 6.45) is 0. The first-order chi connectivity index (χ1) is 12.6. The second-order valence-corrected chi connectivity index (χ2v) is 9.33. The molecular formula is C22H10Br3N. The second-order valence-electron chi connectivity index (χ2n) is 6.64. The van der Waals surface area contributed by atoms with Crippen LogP contribution in [0, 0.1) is 0 Å². The number of pyridine rings is 1. The van der Waals surface area contributed by atoms with E-state index in [0.29, 0.717) is 0 Å². The average Bonchev–Trinajstić information content (AvgIpc) is 2.95. The van der Waals surface area contributed by atoms with E-state index in [1.54, 1.807) is 0 Å². The largest absolute Gasteiger partial charge is 0.308 e. The van der Waals surface area contributed by atoms with Crippen molar-refractivity contribution in [2.45, 2.75) is 0 Å². The molecular weight excluding hydrogens is 518 g/mol. The number of halogens is 3. The Balaban J connectivity index is 2.12. The lowest BCUT2D eigenvalue weighted by Crippen LogP contribution is -1.93. The minimum Gasteiger partial charge on any atom is -0.308 e. The molecule has 0 aliphatic rings. The number of hydrogen-bond donors (Lipinski definition) is 0. The Hall–Kier alpha value is -1.62. The molecule has 0 spiro atoms. The van der Waals surface area contributed by atoms with Gasteiger partial charge in [0.25, 0.3) is 0 Å². The third kappa shape index (κ3) is 1.85. The van der Waals surface area contributed by atoms with Gasteiger partial charge in [0.1, 0.15) is 0 Å². The lowest BCUT2D eigenvalue weighted by molar-refractivity contribution is 1.35. The highest BCUT2D eigenvalue weighted by molar-refractivity contribution is 9.11. The predicted octanol–water partition coefficient (Wildman–Crippen LogP) is 8.28. The molecule has 0 aliphatic heterocycles. The van der Waals surface area contributed by atoms with Crippen LogP contribution in [-0.2, 0) is 0 Å². The van der Waals surface area contributed by atoms with Gasteiger partial charge in [0.05, 0.1) is 16.6 Å². The third-order valence-corrected chi connectivity index (χ3v) is 6.93. The smallest absolute Gasteiger partial charge is 0.0620 e.